The Morgan fingerprint density at radius 2 is 1.57 bits per heavy atom. The third-order valence-electron chi connectivity index (χ3n) is 12.3. The molecular weight excluding hydrogens is 426 g/mol. The Morgan fingerprint density at radius 3 is 2.34 bits per heavy atom. The van der Waals surface area contributed by atoms with Gasteiger partial charge < -0.3 is 10.5 Å². The van der Waals surface area contributed by atoms with Gasteiger partial charge in [0.15, 0.2) is 0 Å². The summed E-state index contributed by atoms with van der Waals surface area (Å²) < 4.78 is 6.41. The van der Waals surface area contributed by atoms with Crippen LogP contribution in [0.25, 0.3) is 0 Å². The van der Waals surface area contributed by atoms with Crippen LogP contribution >= 0.6 is 0 Å². The molecule has 4 aliphatic carbocycles. The van der Waals surface area contributed by atoms with E-state index < -0.39 is 0 Å². The fourth-order valence-electron chi connectivity index (χ4n) is 10.3. The monoisotopic (exact) mass is 487 g/mol. The van der Waals surface area contributed by atoms with Crippen molar-refractivity contribution in [3.8, 4) is 0 Å². The zero-order valence-corrected chi connectivity index (χ0v) is 24.3. The van der Waals surface area contributed by atoms with Crippen LogP contribution in [0.5, 0.6) is 0 Å². The van der Waals surface area contributed by atoms with Crippen LogP contribution in [-0.2, 0) is 4.74 Å². The second-order valence-electron chi connectivity index (χ2n) is 14.7. The molecule has 2 nitrogen and oxygen atoms in total. The molecule has 4 aliphatic rings. The van der Waals surface area contributed by atoms with Crippen molar-refractivity contribution in [2.24, 2.45) is 58.0 Å². The maximum Gasteiger partial charge on any atom is 0.0578 e. The highest BCUT2D eigenvalue weighted by Crippen LogP contribution is 2.67. The summed E-state index contributed by atoms with van der Waals surface area (Å²) in [7, 11) is 0. The summed E-state index contributed by atoms with van der Waals surface area (Å²) in [6, 6.07) is 0. The van der Waals surface area contributed by atoms with Crippen LogP contribution < -0.4 is 5.73 Å². The topological polar surface area (TPSA) is 35.2 Å². The molecule has 0 heterocycles. The highest BCUT2D eigenvalue weighted by Gasteiger charge is 2.59. The summed E-state index contributed by atoms with van der Waals surface area (Å²) in [5.41, 5.74) is 6.85. The van der Waals surface area contributed by atoms with E-state index in [-0.39, 0.29) is 0 Å². The first-order valence-electron chi connectivity index (χ1n) is 16.1. The summed E-state index contributed by atoms with van der Waals surface area (Å²) in [5, 5.41) is 0. The lowest BCUT2D eigenvalue weighted by molar-refractivity contribution is -0.161. The molecule has 2 N–H and O–H groups in total. The van der Waals surface area contributed by atoms with Gasteiger partial charge in [0.25, 0.3) is 0 Å². The van der Waals surface area contributed by atoms with Crippen LogP contribution in [0.4, 0.5) is 0 Å². The second-order valence-corrected chi connectivity index (χ2v) is 14.7. The average molecular weight is 488 g/mol. The third-order valence-corrected chi connectivity index (χ3v) is 12.3. The molecule has 0 spiro atoms. The number of hydrogen-bond donors (Lipinski definition) is 1. The molecule has 4 fully saturated rings. The van der Waals surface area contributed by atoms with E-state index in [1.54, 1.807) is 0 Å². The Morgan fingerprint density at radius 1 is 0.800 bits per heavy atom. The minimum atomic E-state index is 0.530. The molecule has 0 aromatic carbocycles. The predicted octanol–water partition coefficient (Wildman–Crippen LogP) is 9.01. The first kappa shape index (κ1) is 27.9. The quantitative estimate of drug-likeness (QED) is 0.295. The van der Waals surface area contributed by atoms with Gasteiger partial charge in [-0.2, -0.15) is 0 Å². The van der Waals surface area contributed by atoms with E-state index in [1.165, 1.54) is 96.3 Å². The number of ether oxygens (including phenoxy) is 1. The van der Waals surface area contributed by atoms with Crippen molar-refractivity contribution >= 4 is 0 Å². The predicted molar refractivity (Wildman–Crippen MR) is 150 cm³/mol. The molecule has 35 heavy (non-hydrogen) atoms. The Balaban J connectivity index is 1.37. The standard InChI is InChI=1S/C33H61NO/c1-24(2)11-9-12-25(3)29-13-10-14-30-28-16-15-26-23-27(35-22-8-6-7-21-34)17-19-32(26,4)31(28)18-20-33(29,30)5/h24-31H,6-23,34H2,1-5H3/t25-,26+,27+,28?,29-,30+,31+,32+,33-/m1/s1. The van der Waals surface area contributed by atoms with Gasteiger partial charge in [-0.05, 0) is 136 Å². The van der Waals surface area contributed by atoms with Crippen molar-refractivity contribution in [3.05, 3.63) is 0 Å². The summed E-state index contributed by atoms with van der Waals surface area (Å²) >= 11 is 0. The lowest BCUT2D eigenvalue weighted by Crippen LogP contribution is -2.57. The van der Waals surface area contributed by atoms with Gasteiger partial charge in [0.2, 0.25) is 0 Å². The largest absolute Gasteiger partial charge is 0.378 e. The molecule has 0 saturated heterocycles. The van der Waals surface area contributed by atoms with Crippen molar-refractivity contribution in [1.29, 1.82) is 0 Å². The zero-order valence-electron chi connectivity index (χ0n) is 24.3. The molecule has 0 aromatic heterocycles. The number of unbranched alkanes of at least 4 members (excludes halogenated alkanes) is 2. The second kappa shape index (κ2) is 12.2. The summed E-state index contributed by atoms with van der Waals surface area (Å²) in [6.07, 6.45) is 23.1. The summed E-state index contributed by atoms with van der Waals surface area (Å²) in [6.45, 7) is 14.7. The Hall–Kier alpha value is -0.0800. The first-order valence-corrected chi connectivity index (χ1v) is 16.1. The molecule has 1 unspecified atom stereocenters. The Kier molecular flexibility index (Phi) is 9.73. The van der Waals surface area contributed by atoms with E-state index in [9.17, 15) is 0 Å². The van der Waals surface area contributed by atoms with Gasteiger partial charge in [-0.3, -0.25) is 0 Å². The van der Waals surface area contributed by atoms with Crippen molar-refractivity contribution in [2.75, 3.05) is 13.2 Å². The van der Waals surface area contributed by atoms with Gasteiger partial charge in [0, 0.05) is 6.61 Å². The number of rotatable bonds is 11. The van der Waals surface area contributed by atoms with Crippen molar-refractivity contribution < 1.29 is 4.74 Å². The molecule has 9 atom stereocenters. The molecule has 204 valence electrons. The van der Waals surface area contributed by atoms with E-state index >= 15 is 0 Å². The molecule has 4 rings (SSSR count). The van der Waals surface area contributed by atoms with E-state index in [2.05, 4.69) is 34.6 Å². The molecule has 0 aromatic rings. The highest BCUT2D eigenvalue weighted by molar-refractivity contribution is 5.08. The van der Waals surface area contributed by atoms with Gasteiger partial charge >= 0.3 is 0 Å². The van der Waals surface area contributed by atoms with Gasteiger partial charge in [0.1, 0.15) is 0 Å². The number of hydrogen-bond acceptors (Lipinski definition) is 2. The van der Waals surface area contributed by atoms with Crippen LogP contribution in [0.2, 0.25) is 0 Å². The van der Waals surface area contributed by atoms with E-state index in [4.69, 9.17) is 10.5 Å². The fraction of sp³-hybridized carbons (Fsp3) is 1.00. The van der Waals surface area contributed by atoms with E-state index in [1.807, 2.05) is 0 Å². The minimum absolute atomic E-state index is 0.530. The fourth-order valence-corrected chi connectivity index (χ4v) is 10.3. The van der Waals surface area contributed by atoms with Gasteiger partial charge in [-0.25, -0.2) is 0 Å². The summed E-state index contributed by atoms with van der Waals surface area (Å²) in [4.78, 5) is 0. The van der Waals surface area contributed by atoms with Crippen LogP contribution in [-0.4, -0.2) is 19.3 Å². The Labute approximate surface area is 219 Å². The highest BCUT2D eigenvalue weighted by atomic mass is 16.5. The molecule has 0 amide bonds. The van der Waals surface area contributed by atoms with E-state index in [0.29, 0.717) is 16.9 Å². The zero-order chi connectivity index (χ0) is 25.1. The molecule has 4 saturated carbocycles. The normalized spacial score (nSPS) is 42.3. The smallest absolute Gasteiger partial charge is 0.0578 e. The van der Waals surface area contributed by atoms with Crippen molar-refractivity contribution in [1.82, 2.24) is 0 Å². The molecule has 0 bridgehead atoms. The molecular formula is C33H61NO. The number of nitrogens with two attached hydrogens (primary N) is 1. The third kappa shape index (κ3) is 6.00. The van der Waals surface area contributed by atoms with Crippen LogP contribution in [0.15, 0.2) is 0 Å². The van der Waals surface area contributed by atoms with Crippen LogP contribution in [0, 0.1) is 52.3 Å². The van der Waals surface area contributed by atoms with Gasteiger partial charge in [0.05, 0.1) is 6.10 Å². The minimum Gasteiger partial charge on any atom is -0.378 e. The van der Waals surface area contributed by atoms with Crippen LogP contribution in [0.3, 0.4) is 0 Å². The Bertz CT molecular complexity index is 647. The lowest BCUT2D eigenvalue weighted by atomic mass is 9.41. The number of fused-ring (bicyclic) bond motifs is 5. The van der Waals surface area contributed by atoms with Crippen LogP contribution in [0.1, 0.15) is 137 Å². The van der Waals surface area contributed by atoms with Gasteiger partial charge in [-0.15, -0.1) is 0 Å². The summed E-state index contributed by atoms with van der Waals surface area (Å²) in [5.74, 6) is 6.66. The molecule has 2 heteroatoms. The maximum absolute atomic E-state index is 6.41. The first-order chi connectivity index (χ1) is 16.8. The van der Waals surface area contributed by atoms with Gasteiger partial charge in [-0.1, -0.05) is 60.3 Å². The van der Waals surface area contributed by atoms with E-state index in [0.717, 1.165) is 61.0 Å². The molecule has 0 radical (unpaired) electrons. The maximum atomic E-state index is 6.41. The lowest BCUT2D eigenvalue weighted by Gasteiger charge is -2.64. The SMILES string of the molecule is CC(C)CCC[C@@H](C)[C@H]1CCC[C@H]2C3CC[C@H]4C[C@@H](OCCCCCN)CC[C@]4(C)[C@H]3CC[C@]12C. The van der Waals surface area contributed by atoms with Crippen molar-refractivity contribution in [2.45, 2.75) is 143 Å². The average Bonchev–Trinajstić information content (AvgIpc) is 2.82. The molecule has 0 aliphatic heterocycles. The van der Waals surface area contributed by atoms with Crippen molar-refractivity contribution in [3.63, 3.8) is 0 Å².